The summed E-state index contributed by atoms with van der Waals surface area (Å²) in [7, 11) is 3.18. The molecule has 5 rings (SSSR count). The first kappa shape index (κ1) is 25.3. The lowest BCUT2D eigenvalue weighted by molar-refractivity contribution is -0.113. The van der Waals surface area contributed by atoms with Gasteiger partial charge in [-0.25, -0.2) is 0 Å². The van der Waals surface area contributed by atoms with Gasteiger partial charge < -0.3 is 9.47 Å². The van der Waals surface area contributed by atoms with E-state index in [1.165, 1.54) is 22.9 Å². The molecule has 1 saturated heterocycles. The maximum absolute atomic E-state index is 13.8. The van der Waals surface area contributed by atoms with Crippen LogP contribution in [0.1, 0.15) is 22.3 Å². The van der Waals surface area contributed by atoms with Gasteiger partial charge in [-0.1, -0.05) is 60.7 Å². The number of ether oxygens (including phenoxy) is 2. The summed E-state index contributed by atoms with van der Waals surface area (Å²) in [5.74, 6) is 1.05. The number of amides is 1. The molecule has 0 N–H and O–H groups in total. The molecule has 4 aromatic rings. The predicted molar refractivity (Wildman–Crippen MR) is 157 cm³/mol. The molecule has 0 saturated carbocycles. The van der Waals surface area contributed by atoms with Crippen LogP contribution in [-0.4, -0.2) is 31.5 Å². The van der Waals surface area contributed by atoms with Crippen molar-refractivity contribution >= 4 is 51.6 Å². The van der Waals surface area contributed by atoms with Crippen LogP contribution in [-0.2, 0) is 4.79 Å². The van der Waals surface area contributed by atoms with Gasteiger partial charge in [0.1, 0.15) is 0 Å². The lowest BCUT2D eigenvalue weighted by Crippen LogP contribution is -2.28. The number of amidine groups is 1. The molecule has 1 amide bonds. The fraction of sp³-hybridized carbons (Fsp3) is 0.129. The number of carbonyl (C=O) groups excluding carboxylic acids is 1. The summed E-state index contributed by atoms with van der Waals surface area (Å²) in [4.78, 5) is 16.0. The lowest BCUT2D eigenvalue weighted by atomic mass is 10.1. The first-order valence-electron chi connectivity index (χ1n) is 12.1. The number of anilines is 1. The first-order chi connectivity index (χ1) is 18.5. The van der Waals surface area contributed by atoms with Gasteiger partial charge in [-0.2, -0.15) is 5.10 Å². The van der Waals surface area contributed by atoms with Crippen LogP contribution in [0.5, 0.6) is 11.5 Å². The van der Waals surface area contributed by atoms with E-state index < -0.39 is 0 Å². The van der Waals surface area contributed by atoms with E-state index in [-0.39, 0.29) is 5.91 Å². The van der Waals surface area contributed by atoms with Gasteiger partial charge >= 0.3 is 0 Å². The third kappa shape index (κ3) is 5.06. The van der Waals surface area contributed by atoms with Gasteiger partial charge in [0, 0.05) is 5.39 Å². The highest BCUT2D eigenvalue weighted by atomic mass is 32.2. The van der Waals surface area contributed by atoms with Gasteiger partial charge in [-0.15, -0.1) is 5.10 Å². The van der Waals surface area contributed by atoms with E-state index >= 15 is 0 Å². The van der Waals surface area contributed by atoms with Gasteiger partial charge in [-0.05, 0) is 77.5 Å². The van der Waals surface area contributed by atoms with Crippen molar-refractivity contribution in [2.75, 3.05) is 19.1 Å². The number of aryl methyl sites for hydroxylation is 2. The maximum atomic E-state index is 13.8. The summed E-state index contributed by atoms with van der Waals surface area (Å²) in [5.41, 5.74) is 4.93. The number of fused-ring (bicyclic) bond motifs is 1. The topological polar surface area (TPSA) is 63.5 Å². The Hall–Kier alpha value is -4.36. The van der Waals surface area contributed by atoms with Gasteiger partial charge in [0.05, 0.1) is 31.0 Å². The molecule has 38 heavy (non-hydrogen) atoms. The zero-order valence-corrected chi connectivity index (χ0v) is 22.5. The molecule has 0 unspecified atom stereocenters. The second kappa shape index (κ2) is 10.9. The molecule has 0 radical (unpaired) electrons. The van der Waals surface area contributed by atoms with E-state index in [2.05, 4.69) is 36.2 Å². The maximum Gasteiger partial charge on any atom is 0.271 e. The Labute approximate surface area is 226 Å². The van der Waals surface area contributed by atoms with E-state index in [4.69, 9.17) is 9.47 Å². The molecule has 1 fully saturated rings. The molecule has 190 valence electrons. The number of hydrogen-bond acceptors (Lipinski definition) is 6. The van der Waals surface area contributed by atoms with E-state index in [9.17, 15) is 4.79 Å². The second-order valence-corrected chi connectivity index (χ2v) is 9.84. The molecule has 1 heterocycles. The molecule has 6 nitrogen and oxygen atoms in total. The van der Waals surface area contributed by atoms with E-state index in [1.54, 1.807) is 25.3 Å². The highest BCUT2D eigenvalue weighted by Gasteiger charge is 2.35. The average Bonchev–Trinajstić information content (AvgIpc) is 3.24. The number of carbonyl (C=O) groups is 1. The van der Waals surface area contributed by atoms with E-state index in [0.717, 1.165) is 27.6 Å². The Morgan fingerprint density at radius 3 is 2.37 bits per heavy atom. The van der Waals surface area contributed by atoms with Crippen molar-refractivity contribution in [3.05, 3.63) is 106 Å². The van der Waals surface area contributed by atoms with Gasteiger partial charge in [0.15, 0.2) is 11.5 Å². The Bertz CT molecular complexity index is 1620. The van der Waals surface area contributed by atoms with E-state index in [1.807, 2.05) is 72.8 Å². The van der Waals surface area contributed by atoms with Crippen molar-refractivity contribution in [3.8, 4) is 11.5 Å². The third-order valence-electron chi connectivity index (χ3n) is 6.40. The molecule has 0 aromatic heterocycles. The highest BCUT2D eigenvalue weighted by molar-refractivity contribution is 8.19. The molecule has 7 heteroatoms. The Morgan fingerprint density at radius 1 is 0.816 bits per heavy atom. The highest BCUT2D eigenvalue weighted by Crippen LogP contribution is 2.39. The summed E-state index contributed by atoms with van der Waals surface area (Å²) in [6.07, 6.45) is 3.55. The predicted octanol–water partition coefficient (Wildman–Crippen LogP) is 6.98. The third-order valence-corrected chi connectivity index (χ3v) is 7.36. The quantitative estimate of drug-likeness (QED) is 0.156. The van der Waals surface area contributed by atoms with Gasteiger partial charge in [0.25, 0.3) is 5.91 Å². The minimum atomic E-state index is -0.165. The van der Waals surface area contributed by atoms with Crippen LogP contribution in [0.25, 0.3) is 16.8 Å². The van der Waals surface area contributed by atoms with Crippen molar-refractivity contribution in [2.45, 2.75) is 13.8 Å². The zero-order valence-electron chi connectivity index (χ0n) is 21.6. The molecule has 0 atom stereocenters. The zero-order chi connectivity index (χ0) is 26.6. The van der Waals surface area contributed by atoms with Crippen molar-refractivity contribution < 1.29 is 14.3 Å². The fourth-order valence-corrected chi connectivity index (χ4v) is 5.17. The molecule has 1 aliphatic rings. The van der Waals surface area contributed by atoms with Crippen LogP contribution >= 0.6 is 11.8 Å². The van der Waals surface area contributed by atoms with Crippen LogP contribution < -0.4 is 14.4 Å². The molecule has 1 aliphatic heterocycles. The lowest BCUT2D eigenvalue weighted by Gasteiger charge is -2.17. The standard InChI is InChI=1S/C31H27N3O3S/c1-20-12-13-23(16-21(20)2)19-32-33-31-34(26-11-7-9-24-8-5-6-10-25(24)26)30(35)29(38-31)18-22-14-15-27(36-3)28(17-22)37-4/h5-19H,1-4H3/b29-18+,32-19+,33-31-. The van der Waals surface area contributed by atoms with Crippen LogP contribution in [0.15, 0.2) is 94.0 Å². The van der Waals surface area contributed by atoms with Crippen LogP contribution in [0.4, 0.5) is 5.69 Å². The number of nitrogens with zero attached hydrogens (tertiary/aromatic N) is 3. The van der Waals surface area contributed by atoms with Crippen molar-refractivity contribution in [1.82, 2.24) is 0 Å². The summed E-state index contributed by atoms with van der Waals surface area (Å²) in [5, 5.41) is 11.4. The van der Waals surface area contributed by atoms with E-state index in [0.29, 0.717) is 21.6 Å². The molecule has 0 bridgehead atoms. The van der Waals surface area contributed by atoms with Crippen LogP contribution in [0, 0.1) is 13.8 Å². The Morgan fingerprint density at radius 2 is 1.58 bits per heavy atom. The van der Waals surface area contributed by atoms with Gasteiger partial charge in [-0.3, -0.25) is 9.69 Å². The number of hydrogen-bond donors (Lipinski definition) is 0. The molecular formula is C31H27N3O3S. The first-order valence-corrected chi connectivity index (χ1v) is 12.9. The number of rotatable bonds is 6. The summed E-state index contributed by atoms with van der Waals surface area (Å²) in [6, 6.07) is 25.6. The summed E-state index contributed by atoms with van der Waals surface area (Å²) >= 11 is 1.29. The van der Waals surface area contributed by atoms with Crippen LogP contribution in [0.3, 0.4) is 0 Å². The van der Waals surface area contributed by atoms with Gasteiger partial charge in [0.2, 0.25) is 5.17 Å². The molecule has 0 spiro atoms. The molecule has 4 aromatic carbocycles. The van der Waals surface area contributed by atoms with Crippen molar-refractivity contribution in [2.24, 2.45) is 10.2 Å². The molecular weight excluding hydrogens is 494 g/mol. The smallest absolute Gasteiger partial charge is 0.271 e. The SMILES string of the molecule is COc1ccc(/C=C2/S/C(=N\N=C\c3ccc(C)c(C)c3)N(c3cccc4ccccc34)C2=O)cc1OC. The largest absolute Gasteiger partial charge is 0.493 e. The van der Waals surface area contributed by atoms with Crippen LogP contribution in [0.2, 0.25) is 0 Å². The van der Waals surface area contributed by atoms with Crippen molar-refractivity contribution in [1.29, 1.82) is 0 Å². The Balaban J connectivity index is 1.57. The fourth-order valence-electron chi connectivity index (χ4n) is 4.24. The van der Waals surface area contributed by atoms with Crippen molar-refractivity contribution in [3.63, 3.8) is 0 Å². The normalized spacial score (nSPS) is 15.8. The minimum Gasteiger partial charge on any atom is -0.493 e. The Kier molecular flexibility index (Phi) is 7.29. The monoisotopic (exact) mass is 521 g/mol. The minimum absolute atomic E-state index is 0.165. The summed E-state index contributed by atoms with van der Waals surface area (Å²) in [6.45, 7) is 4.14. The number of methoxy groups -OCH3 is 2. The number of benzene rings is 4. The molecule has 0 aliphatic carbocycles. The number of thioether (sulfide) groups is 1. The average molecular weight is 522 g/mol. The second-order valence-electron chi connectivity index (χ2n) is 8.83. The summed E-state index contributed by atoms with van der Waals surface area (Å²) < 4.78 is 10.8.